The molecule has 0 fully saturated rings. The number of rotatable bonds is 1. The summed E-state index contributed by atoms with van der Waals surface area (Å²) in [4.78, 5) is 4.01. The zero-order valence-corrected chi connectivity index (χ0v) is 7.84. The van der Waals surface area contributed by atoms with E-state index in [0.717, 1.165) is 21.2 Å². The van der Waals surface area contributed by atoms with E-state index in [-0.39, 0.29) is 0 Å². The van der Waals surface area contributed by atoms with Gasteiger partial charge < -0.3 is 10.2 Å². The van der Waals surface area contributed by atoms with Gasteiger partial charge in [-0.3, -0.25) is 4.98 Å². The average molecular weight is 227 g/mol. The van der Waals surface area contributed by atoms with Gasteiger partial charge in [0, 0.05) is 17.8 Å². The Morgan fingerprint density at radius 1 is 1.50 bits per heavy atom. The van der Waals surface area contributed by atoms with Crippen LogP contribution in [0.15, 0.2) is 27.3 Å². The lowest BCUT2D eigenvalue weighted by Gasteiger charge is -1.89. The molecule has 0 bridgehead atoms. The molecule has 2 heterocycles. The molecule has 0 spiro atoms. The minimum Gasteiger partial charge on any atom is -0.458 e. The molecule has 0 aliphatic heterocycles. The Kier molecular flexibility index (Phi) is 1.86. The van der Waals surface area contributed by atoms with Crippen molar-refractivity contribution in [2.75, 3.05) is 0 Å². The normalized spacial score (nSPS) is 10.8. The van der Waals surface area contributed by atoms with Crippen LogP contribution in [0.4, 0.5) is 0 Å². The van der Waals surface area contributed by atoms with E-state index < -0.39 is 0 Å². The van der Waals surface area contributed by atoms with Crippen LogP contribution in [0.3, 0.4) is 0 Å². The highest BCUT2D eigenvalue weighted by Crippen LogP contribution is 2.25. The maximum absolute atomic E-state index is 5.44. The van der Waals surface area contributed by atoms with Gasteiger partial charge in [0.25, 0.3) is 0 Å². The lowest BCUT2D eigenvalue weighted by atomic mass is 10.3. The number of hydrogen-bond donors (Lipinski definition) is 1. The Morgan fingerprint density at radius 3 is 3.00 bits per heavy atom. The van der Waals surface area contributed by atoms with Crippen molar-refractivity contribution in [2.24, 2.45) is 5.73 Å². The molecule has 0 aliphatic carbocycles. The van der Waals surface area contributed by atoms with Gasteiger partial charge in [0.2, 0.25) is 0 Å². The second kappa shape index (κ2) is 2.88. The first-order valence-electron chi connectivity index (χ1n) is 3.53. The highest BCUT2D eigenvalue weighted by molar-refractivity contribution is 9.10. The van der Waals surface area contributed by atoms with Gasteiger partial charge in [0.1, 0.15) is 5.76 Å². The van der Waals surface area contributed by atoms with Crippen LogP contribution in [0.5, 0.6) is 0 Å². The average Bonchev–Trinajstić information content (AvgIpc) is 2.49. The van der Waals surface area contributed by atoms with Crippen molar-refractivity contribution in [3.05, 3.63) is 28.7 Å². The molecule has 3 nitrogen and oxygen atoms in total. The number of halogens is 1. The summed E-state index contributed by atoms with van der Waals surface area (Å²) < 4.78 is 6.30. The molecule has 0 atom stereocenters. The summed E-state index contributed by atoms with van der Waals surface area (Å²) in [5.41, 5.74) is 6.24. The van der Waals surface area contributed by atoms with E-state index in [4.69, 9.17) is 10.2 Å². The van der Waals surface area contributed by atoms with Crippen molar-refractivity contribution in [3.63, 3.8) is 0 Å². The zero-order chi connectivity index (χ0) is 8.55. The first-order valence-corrected chi connectivity index (χ1v) is 4.32. The maximum Gasteiger partial charge on any atom is 0.151 e. The summed E-state index contributed by atoms with van der Waals surface area (Å²) in [6.45, 7) is 0.418. The van der Waals surface area contributed by atoms with Gasteiger partial charge >= 0.3 is 0 Å². The molecule has 2 aromatic rings. The van der Waals surface area contributed by atoms with E-state index >= 15 is 0 Å². The van der Waals surface area contributed by atoms with Crippen molar-refractivity contribution >= 4 is 26.9 Å². The molecule has 2 rings (SSSR count). The molecule has 0 saturated heterocycles. The molecule has 0 aromatic carbocycles. The van der Waals surface area contributed by atoms with E-state index in [1.807, 2.05) is 6.07 Å². The summed E-state index contributed by atoms with van der Waals surface area (Å²) in [6.07, 6.45) is 3.45. The van der Waals surface area contributed by atoms with E-state index in [2.05, 4.69) is 20.9 Å². The number of nitrogens with two attached hydrogens (primary N) is 1. The fraction of sp³-hybridized carbons (Fsp3) is 0.125. The van der Waals surface area contributed by atoms with Crippen molar-refractivity contribution in [3.8, 4) is 0 Å². The molecule has 0 unspecified atom stereocenters. The smallest absolute Gasteiger partial charge is 0.151 e. The van der Waals surface area contributed by atoms with Gasteiger partial charge in [0.05, 0.1) is 11.0 Å². The third kappa shape index (κ3) is 1.13. The molecule has 12 heavy (non-hydrogen) atoms. The molecule has 2 N–H and O–H groups in total. The fourth-order valence-corrected chi connectivity index (χ4v) is 1.51. The summed E-state index contributed by atoms with van der Waals surface area (Å²) >= 11 is 3.34. The Labute approximate surface area is 77.7 Å². The minimum absolute atomic E-state index is 0.418. The van der Waals surface area contributed by atoms with Gasteiger partial charge in [-0.15, -0.1) is 0 Å². The number of aromatic nitrogens is 1. The summed E-state index contributed by atoms with van der Waals surface area (Å²) in [5, 5.41) is 0.977. The Bertz CT molecular complexity index is 410. The van der Waals surface area contributed by atoms with Crippen molar-refractivity contribution in [1.29, 1.82) is 0 Å². The molecule has 0 radical (unpaired) electrons. The van der Waals surface area contributed by atoms with Crippen LogP contribution in [0.25, 0.3) is 11.0 Å². The minimum atomic E-state index is 0.418. The SMILES string of the molecule is NCc1cc2cncc(Br)c2o1. The van der Waals surface area contributed by atoms with E-state index in [9.17, 15) is 0 Å². The van der Waals surface area contributed by atoms with Gasteiger partial charge in [-0.2, -0.15) is 0 Å². The van der Waals surface area contributed by atoms with Crippen molar-refractivity contribution < 1.29 is 4.42 Å². The lowest BCUT2D eigenvalue weighted by molar-refractivity contribution is 0.551. The first kappa shape index (κ1) is 7.76. The van der Waals surface area contributed by atoms with Crippen LogP contribution in [0.2, 0.25) is 0 Å². The fourth-order valence-electron chi connectivity index (χ4n) is 1.08. The molecule has 62 valence electrons. The zero-order valence-electron chi connectivity index (χ0n) is 6.25. The second-order valence-electron chi connectivity index (χ2n) is 2.46. The van der Waals surface area contributed by atoms with Gasteiger partial charge in [0.15, 0.2) is 5.58 Å². The molecule has 0 aliphatic rings. The quantitative estimate of drug-likeness (QED) is 0.810. The van der Waals surface area contributed by atoms with Crippen molar-refractivity contribution in [1.82, 2.24) is 4.98 Å². The Balaban J connectivity index is 2.74. The highest BCUT2D eigenvalue weighted by atomic mass is 79.9. The van der Waals surface area contributed by atoms with Crippen LogP contribution < -0.4 is 5.73 Å². The van der Waals surface area contributed by atoms with Crippen molar-refractivity contribution in [2.45, 2.75) is 6.54 Å². The highest BCUT2D eigenvalue weighted by Gasteiger charge is 2.04. The number of hydrogen-bond acceptors (Lipinski definition) is 3. The predicted octanol–water partition coefficient (Wildman–Crippen LogP) is 2.05. The molecule has 2 aromatic heterocycles. The summed E-state index contributed by atoms with van der Waals surface area (Å²) in [6, 6.07) is 1.90. The lowest BCUT2D eigenvalue weighted by Crippen LogP contribution is -1.92. The number of furan rings is 1. The third-order valence-electron chi connectivity index (χ3n) is 1.63. The Hall–Kier alpha value is -0.870. The van der Waals surface area contributed by atoms with E-state index in [1.54, 1.807) is 12.4 Å². The monoisotopic (exact) mass is 226 g/mol. The predicted molar refractivity (Wildman–Crippen MR) is 49.6 cm³/mol. The van der Waals surface area contributed by atoms with Crippen LogP contribution in [-0.4, -0.2) is 4.98 Å². The standard InChI is InChI=1S/C8H7BrN2O/c9-7-4-11-3-5-1-6(2-10)12-8(5)7/h1,3-4H,2,10H2. The third-order valence-corrected chi connectivity index (χ3v) is 2.20. The van der Waals surface area contributed by atoms with Gasteiger partial charge in [-0.25, -0.2) is 0 Å². The van der Waals surface area contributed by atoms with Gasteiger partial charge in [-0.1, -0.05) is 0 Å². The van der Waals surface area contributed by atoms with Gasteiger partial charge in [-0.05, 0) is 22.0 Å². The van der Waals surface area contributed by atoms with E-state index in [0.29, 0.717) is 6.54 Å². The van der Waals surface area contributed by atoms with Crippen LogP contribution in [-0.2, 0) is 6.54 Å². The molecular weight excluding hydrogens is 220 g/mol. The molecular formula is C8H7BrN2O. The second-order valence-corrected chi connectivity index (χ2v) is 3.31. The first-order chi connectivity index (χ1) is 5.81. The molecule has 0 saturated carbocycles. The summed E-state index contributed by atoms with van der Waals surface area (Å²) in [7, 11) is 0. The van der Waals surface area contributed by atoms with Crippen LogP contribution in [0.1, 0.15) is 5.76 Å². The number of pyridine rings is 1. The maximum atomic E-state index is 5.44. The van der Waals surface area contributed by atoms with E-state index in [1.165, 1.54) is 0 Å². The largest absolute Gasteiger partial charge is 0.458 e. The Morgan fingerprint density at radius 2 is 2.33 bits per heavy atom. The topological polar surface area (TPSA) is 52.0 Å². The molecule has 0 amide bonds. The number of nitrogens with zero attached hydrogens (tertiary/aromatic N) is 1. The number of fused-ring (bicyclic) bond motifs is 1. The van der Waals surface area contributed by atoms with Crippen LogP contribution >= 0.6 is 15.9 Å². The molecule has 4 heteroatoms. The summed E-state index contributed by atoms with van der Waals surface area (Å²) in [5.74, 6) is 0.777. The van der Waals surface area contributed by atoms with Crippen LogP contribution in [0, 0.1) is 0 Å².